The number of nitrogens with zero attached hydrogens (tertiary/aromatic N) is 1. The Morgan fingerprint density at radius 2 is 1.95 bits per heavy atom. The summed E-state index contributed by atoms with van der Waals surface area (Å²) in [4.78, 5) is 24.2. The van der Waals surface area contributed by atoms with E-state index in [4.69, 9.17) is 5.11 Å². The number of hydrogen-bond acceptors (Lipinski definition) is 2. The SMILES string of the molecule is CC(C)(C)N(CC(=O)O)C(=O)Cc1cccc(F)c1. The molecule has 1 N–H and O–H groups in total. The minimum atomic E-state index is -1.07. The Morgan fingerprint density at radius 3 is 2.42 bits per heavy atom. The molecule has 0 saturated carbocycles. The van der Waals surface area contributed by atoms with E-state index in [9.17, 15) is 14.0 Å². The van der Waals surface area contributed by atoms with Gasteiger partial charge in [0.25, 0.3) is 0 Å². The number of carboxylic acid groups (broad SMARTS) is 1. The Bertz CT molecular complexity index is 480. The maximum absolute atomic E-state index is 13.0. The third kappa shape index (κ3) is 4.69. The first kappa shape index (κ1) is 15.1. The lowest BCUT2D eigenvalue weighted by Gasteiger charge is -2.34. The zero-order chi connectivity index (χ0) is 14.6. The van der Waals surface area contributed by atoms with Gasteiger partial charge in [-0.25, -0.2) is 4.39 Å². The second kappa shape index (κ2) is 5.82. The van der Waals surface area contributed by atoms with E-state index in [1.165, 1.54) is 23.1 Å². The smallest absolute Gasteiger partial charge is 0.323 e. The van der Waals surface area contributed by atoms with Gasteiger partial charge in [-0.05, 0) is 38.5 Å². The van der Waals surface area contributed by atoms with E-state index < -0.39 is 17.3 Å². The van der Waals surface area contributed by atoms with Crippen LogP contribution in [0.15, 0.2) is 24.3 Å². The minimum absolute atomic E-state index is 0.0116. The molecule has 104 valence electrons. The molecular formula is C14H18FNO3. The normalized spacial score (nSPS) is 11.2. The first-order chi connectivity index (χ1) is 8.70. The average molecular weight is 267 g/mol. The van der Waals surface area contributed by atoms with Crippen LogP contribution in [0.3, 0.4) is 0 Å². The Labute approximate surface area is 111 Å². The molecule has 19 heavy (non-hydrogen) atoms. The molecule has 0 heterocycles. The van der Waals surface area contributed by atoms with Gasteiger partial charge < -0.3 is 10.0 Å². The summed E-state index contributed by atoms with van der Waals surface area (Å²) in [7, 11) is 0. The van der Waals surface area contributed by atoms with Crippen molar-refractivity contribution in [2.75, 3.05) is 6.54 Å². The van der Waals surface area contributed by atoms with Gasteiger partial charge in [-0.15, -0.1) is 0 Å². The van der Waals surface area contributed by atoms with Crippen molar-refractivity contribution in [3.05, 3.63) is 35.6 Å². The lowest BCUT2D eigenvalue weighted by Crippen LogP contribution is -2.48. The number of carboxylic acids is 1. The van der Waals surface area contributed by atoms with Crippen LogP contribution in [0.2, 0.25) is 0 Å². The number of amides is 1. The van der Waals surface area contributed by atoms with Gasteiger partial charge in [-0.2, -0.15) is 0 Å². The quantitative estimate of drug-likeness (QED) is 0.908. The largest absolute Gasteiger partial charge is 0.480 e. The fourth-order valence-electron chi connectivity index (χ4n) is 1.75. The molecule has 0 saturated heterocycles. The lowest BCUT2D eigenvalue weighted by molar-refractivity contribution is -0.147. The highest BCUT2D eigenvalue weighted by atomic mass is 19.1. The topological polar surface area (TPSA) is 57.6 Å². The van der Waals surface area contributed by atoms with Crippen LogP contribution >= 0.6 is 0 Å². The van der Waals surface area contributed by atoms with Gasteiger partial charge in [0.1, 0.15) is 12.4 Å². The maximum Gasteiger partial charge on any atom is 0.323 e. The second-order valence-corrected chi connectivity index (χ2v) is 5.35. The molecule has 0 aliphatic rings. The Balaban J connectivity index is 2.86. The highest BCUT2D eigenvalue weighted by molar-refractivity contribution is 5.83. The molecule has 5 heteroatoms. The molecule has 0 aliphatic carbocycles. The standard InChI is InChI=1S/C14H18FNO3/c1-14(2,3)16(9-13(18)19)12(17)8-10-5-4-6-11(15)7-10/h4-7H,8-9H2,1-3H3,(H,18,19). The van der Waals surface area contributed by atoms with Gasteiger partial charge in [-0.3, -0.25) is 9.59 Å². The molecule has 0 atom stereocenters. The highest BCUT2D eigenvalue weighted by Gasteiger charge is 2.28. The molecule has 0 fully saturated rings. The second-order valence-electron chi connectivity index (χ2n) is 5.35. The summed E-state index contributed by atoms with van der Waals surface area (Å²) in [6.45, 7) is 4.93. The van der Waals surface area contributed by atoms with E-state index in [-0.39, 0.29) is 18.9 Å². The Kier molecular flexibility index (Phi) is 4.64. The van der Waals surface area contributed by atoms with Crippen molar-refractivity contribution in [3.63, 3.8) is 0 Å². The molecular weight excluding hydrogens is 249 g/mol. The average Bonchev–Trinajstić information content (AvgIpc) is 2.24. The summed E-state index contributed by atoms with van der Waals surface area (Å²) < 4.78 is 13.0. The Hall–Kier alpha value is -1.91. The van der Waals surface area contributed by atoms with Crippen LogP contribution in [0.1, 0.15) is 26.3 Å². The lowest BCUT2D eigenvalue weighted by atomic mass is 10.0. The molecule has 4 nitrogen and oxygen atoms in total. The third-order valence-corrected chi connectivity index (χ3v) is 2.65. The molecule has 0 aromatic heterocycles. The maximum atomic E-state index is 13.0. The molecule has 0 radical (unpaired) electrons. The van der Waals surface area contributed by atoms with Crippen LogP contribution in [0.5, 0.6) is 0 Å². The van der Waals surface area contributed by atoms with Gasteiger partial charge in [0, 0.05) is 5.54 Å². The molecule has 0 aliphatic heterocycles. The first-order valence-corrected chi connectivity index (χ1v) is 5.97. The number of rotatable bonds is 4. The fourth-order valence-corrected chi connectivity index (χ4v) is 1.75. The predicted octanol–water partition coefficient (Wildman–Crippen LogP) is 2.08. The minimum Gasteiger partial charge on any atom is -0.480 e. The zero-order valence-electron chi connectivity index (χ0n) is 11.3. The van der Waals surface area contributed by atoms with Crippen LogP contribution in [-0.2, 0) is 16.0 Å². The fraction of sp³-hybridized carbons (Fsp3) is 0.429. The summed E-state index contributed by atoms with van der Waals surface area (Å²) in [5.74, 6) is -1.81. The van der Waals surface area contributed by atoms with Gasteiger partial charge in [0.2, 0.25) is 5.91 Å². The number of halogens is 1. The Morgan fingerprint density at radius 1 is 1.32 bits per heavy atom. The molecule has 1 amide bonds. The molecule has 0 bridgehead atoms. The van der Waals surface area contributed by atoms with E-state index in [1.54, 1.807) is 26.8 Å². The zero-order valence-corrected chi connectivity index (χ0v) is 11.3. The first-order valence-electron chi connectivity index (χ1n) is 5.97. The van der Waals surface area contributed by atoms with Crippen molar-refractivity contribution in [2.24, 2.45) is 0 Å². The number of aliphatic carboxylic acids is 1. The van der Waals surface area contributed by atoms with E-state index in [0.717, 1.165) is 0 Å². The number of benzene rings is 1. The van der Waals surface area contributed by atoms with Crippen molar-refractivity contribution in [3.8, 4) is 0 Å². The summed E-state index contributed by atoms with van der Waals surface area (Å²) in [6.07, 6.45) is -0.0116. The molecule has 1 aromatic carbocycles. The van der Waals surface area contributed by atoms with Gasteiger partial charge in [0.05, 0.1) is 6.42 Å². The monoisotopic (exact) mass is 267 g/mol. The molecule has 0 spiro atoms. The van der Waals surface area contributed by atoms with Crippen LogP contribution in [0, 0.1) is 5.82 Å². The van der Waals surface area contributed by atoms with Crippen molar-refractivity contribution in [1.82, 2.24) is 4.90 Å². The van der Waals surface area contributed by atoms with Crippen molar-refractivity contribution in [2.45, 2.75) is 32.7 Å². The van der Waals surface area contributed by atoms with Gasteiger partial charge in [-0.1, -0.05) is 12.1 Å². The predicted molar refractivity (Wildman–Crippen MR) is 69.2 cm³/mol. The van der Waals surface area contributed by atoms with Crippen molar-refractivity contribution in [1.29, 1.82) is 0 Å². The van der Waals surface area contributed by atoms with Gasteiger partial charge >= 0.3 is 5.97 Å². The van der Waals surface area contributed by atoms with E-state index in [1.807, 2.05) is 0 Å². The van der Waals surface area contributed by atoms with Crippen LogP contribution in [0.4, 0.5) is 4.39 Å². The molecule has 1 rings (SSSR count). The number of carbonyl (C=O) groups excluding carboxylic acids is 1. The van der Waals surface area contributed by atoms with Crippen molar-refractivity contribution >= 4 is 11.9 Å². The summed E-state index contributed by atoms with van der Waals surface area (Å²) in [6, 6.07) is 5.74. The van der Waals surface area contributed by atoms with Crippen LogP contribution in [-0.4, -0.2) is 34.0 Å². The summed E-state index contributed by atoms with van der Waals surface area (Å²) in [5, 5.41) is 8.85. The molecule has 1 aromatic rings. The van der Waals surface area contributed by atoms with E-state index in [0.29, 0.717) is 5.56 Å². The van der Waals surface area contributed by atoms with E-state index >= 15 is 0 Å². The van der Waals surface area contributed by atoms with E-state index in [2.05, 4.69) is 0 Å². The summed E-state index contributed by atoms with van der Waals surface area (Å²) in [5.41, 5.74) is -0.0624. The van der Waals surface area contributed by atoms with Gasteiger partial charge in [0.15, 0.2) is 0 Å². The number of carbonyl (C=O) groups is 2. The summed E-state index contributed by atoms with van der Waals surface area (Å²) >= 11 is 0. The number of hydrogen-bond donors (Lipinski definition) is 1. The highest BCUT2D eigenvalue weighted by Crippen LogP contribution is 2.15. The third-order valence-electron chi connectivity index (χ3n) is 2.65. The van der Waals surface area contributed by atoms with Crippen LogP contribution in [0.25, 0.3) is 0 Å². The van der Waals surface area contributed by atoms with Crippen molar-refractivity contribution < 1.29 is 19.1 Å². The van der Waals surface area contributed by atoms with Crippen LogP contribution < -0.4 is 0 Å². The molecule has 0 unspecified atom stereocenters.